The van der Waals surface area contributed by atoms with Gasteiger partial charge in [0.25, 0.3) is 0 Å². The van der Waals surface area contributed by atoms with Crippen LogP contribution >= 0.6 is 11.8 Å². The minimum Gasteiger partial charge on any atom is -0.423 e. The van der Waals surface area contributed by atoms with E-state index in [9.17, 15) is 9.59 Å². The number of rotatable bonds is 2. The van der Waals surface area contributed by atoms with Gasteiger partial charge in [0.2, 0.25) is 5.91 Å². The quantitative estimate of drug-likeness (QED) is 0.511. The molecule has 1 atom stereocenters. The molecule has 1 amide bonds. The fourth-order valence-electron chi connectivity index (χ4n) is 2.16. The summed E-state index contributed by atoms with van der Waals surface area (Å²) in [7, 11) is 0. The number of thioether (sulfide) groups is 1. The van der Waals surface area contributed by atoms with Crippen molar-refractivity contribution < 1.29 is 14.3 Å². The Balaban J connectivity index is 1.92. The summed E-state index contributed by atoms with van der Waals surface area (Å²) in [6, 6.07) is 5.40. The van der Waals surface area contributed by atoms with Gasteiger partial charge in [-0.3, -0.25) is 4.79 Å². The van der Waals surface area contributed by atoms with Crippen LogP contribution in [0.1, 0.15) is 12.5 Å². The highest BCUT2D eigenvalue weighted by Gasteiger charge is 2.35. The SMILES string of the molecule is C/C=C/C(=O)Oc1ccc2c(c1)C1=NNC(=O)C1CS2. The van der Waals surface area contributed by atoms with Gasteiger partial charge in [0.05, 0.1) is 11.6 Å². The molecule has 0 aliphatic carbocycles. The van der Waals surface area contributed by atoms with E-state index in [1.165, 1.54) is 6.08 Å². The van der Waals surface area contributed by atoms with Crippen molar-refractivity contribution in [3.8, 4) is 5.75 Å². The highest BCUT2D eigenvalue weighted by molar-refractivity contribution is 7.99. The second-order valence-electron chi connectivity index (χ2n) is 4.42. The molecule has 6 heteroatoms. The Morgan fingerprint density at radius 2 is 2.40 bits per heavy atom. The summed E-state index contributed by atoms with van der Waals surface area (Å²) in [5.74, 6) is 0.434. The van der Waals surface area contributed by atoms with Crippen molar-refractivity contribution in [1.29, 1.82) is 0 Å². The molecule has 0 saturated carbocycles. The summed E-state index contributed by atoms with van der Waals surface area (Å²) < 4.78 is 5.20. The smallest absolute Gasteiger partial charge is 0.335 e. The number of amides is 1. The average Bonchev–Trinajstić information content (AvgIpc) is 2.81. The zero-order chi connectivity index (χ0) is 14.1. The lowest BCUT2D eigenvalue weighted by Gasteiger charge is -2.20. The van der Waals surface area contributed by atoms with Gasteiger partial charge < -0.3 is 4.74 Å². The molecule has 2 aliphatic rings. The number of allylic oxidation sites excluding steroid dienone is 1. The predicted molar refractivity (Wildman–Crippen MR) is 75.8 cm³/mol. The largest absolute Gasteiger partial charge is 0.423 e. The molecule has 1 unspecified atom stereocenters. The fraction of sp³-hybridized carbons (Fsp3) is 0.214. The number of hydrogen-bond acceptors (Lipinski definition) is 5. The van der Waals surface area contributed by atoms with Crippen molar-refractivity contribution in [2.45, 2.75) is 11.8 Å². The number of hydrazone groups is 1. The molecule has 0 aromatic heterocycles. The molecule has 20 heavy (non-hydrogen) atoms. The predicted octanol–water partition coefficient (Wildman–Crippen LogP) is 1.72. The summed E-state index contributed by atoms with van der Waals surface area (Å²) >= 11 is 1.61. The maximum atomic E-state index is 11.6. The van der Waals surface area contributed by atoms with Crippen molar-refractivity contribution in [2.24, 2.45) is 11.0 Å². The Morgan fingerprint density at radius 1 is 1.55 bits per heavy atom. The van der Waals surface area contributed by atoms with Gasteiger partial charge in [-0.05, 0) is 25.1 Å². The van der Waals surface area contributed by atoms with Crippen LogP contribution in [0.25, 0.3) is 0 Å². The third-order valence-corrected chi connectivity index (χ3v) is 4.25. The number of esters is 1. The lowest BCUT2D eigenvalue weighted by Crippen LogP contribution is -2.28. The van der Waals surface area contributed by atoms with E-state index in [1.54, 1.807) is 36.9 Å². The van der Waals surface area contributed by atoms with Gasteiger partial charge in [-0.25, -0.2) is 10.2 Å². The number of nitrogens with one attached hydrogen (secondary N) is 1. The molecule has 3 rings (SSSR count). The highest BCUT2D eigenvalue weighted by atomic mass is 32.2. The lowest BCUT2D eigenvalue weighted by atomic mass is 9.98. The number of benzene rings is 1. The van der Waals surface area contributed by atoms with Crippen LogP contribution in [0.2, 0.25) is 0 Å². The van der Waals surface area contributed by atoms with E-state index < -0.39 is 5.97 Å². The number of carbonyl (C=O) groups excluding carboxylic acids is 2. The van der Waals surface area contributed by atoms with E-state index in [4.69, 9.17) is 4.74 Å². The molecule has 0 spiro atoms. The Morgan fingerprint density at radius 3 is 3.20 bits per heavy atom. The Bertz CT molecular complexity index is 652. The molecule has 5 nitrogen and oxygen atoms in total. The molecule has 2 heterocycles. The first-order chi connectivity index (χ1) is 9.69. The molecule has 102 valence electrons. The highest BCUT2D eigenvalue weighted by Crippen LogP contribution is 2.36. The van der Waals surface area contributed by atoms with Crippen LogP contribution in [-0.4, -0.2) is 23.3 Å². The van der Waals surface area contributed by atoms with Crippen LogP contribution in [-0.2, 0) is 9.59 Å². The van der Waals surface area contributed by atoms with Crippen LogP contribution in [0.4, 0.5) is 0 Å². The topological polar surface area (TPSA) is 67.8 Å². The molecule has 1 aromatic rings. The molecule has 2 aliphatic heterocycles. The Hall–Kier alpha value is -2.08. The van der Waals surface area contributed by atoms with Crippen molar-refractivity contribution in [3.05, 3.63) is 35.9 Å². The molecule has 0 fully saturated rings. The zero-order valence-corrected chi connectivity index (χ0v) is 11.6. The molecule has 0 radical (unpaired) electrons. The van der Waals surface area contributed by atoms with E-state index >= 15 is 0 Å². The van der Waals surface area contributed by atoms with Gasteiger partial charge in [-0.2, -0.15) is 5.10 Å². The number of ether oxygens (including phenoxy) is 1. The minimum absolute atomic E-state index is 0.0746. The molecular weight excluding hydrogens is 276 g/mol. The number of carbonyl (C=O) groups is 2. The van der Waals surface area contributed by atoms with E-state index in [0.717, 1.165) is 16.2 Å². The maximum Gasteiger partial charge on any atom is 0.335 e. The van der Waals surface area contributed by atoms with E-state index in [1.807, 2.05) is 6.07 Å². The maximum absolute atomic E-state index is 11.6. The Labute approximate surface area is 120 Å². The summed E-state index contributed by atoms with van der Waals surface area (Å²) in [5.41, 5.74) is 4.09. The molecule has 1 aromatic carbocycles. The normalized spacial score (nSPS) is 20.1. The number of hydrogen-bond donors (Lipinski definition) is 1. The van der Waals surface area contributed by atoms with Crippen molar-refractivity contribution in [3.63, 3.8) is 0 Å². The first-order valence-electron chi connectivity index (χ1n) is 6.18. The third kappa shape index (κ3) is 2.22. The van der Waals surface area contributed by atoms with Crippen molar-refractivity contribution in [2.75, 3.05) is 5.75 Å². The first-order valence-corrected chi connectivity index (χ1v) is 7.17. The monoisotopic (exact) mass is 288 g/mol. The molecular formula is C14H12N2O3S. The lowest BCUT2D eigenvalue weighted by molar-refractivity contribution is -0.129. The van der Waals surface area contributed by atoms with Gasteiger partial charge in [0, 0.05) is 22.3 Å². The molecule has 0 bridgehead atoms. The van der Waals surface area contributed by atoms with E-state index in [2.05, 4.69) is 10.5 Å². The van der Waals surface area contributed by atoms with Crippen LogP contribution in [0.15, 0.2) is 40.3 Å². The van der Waals surface area contributed by atoms with Gasteiger partial charge in [0.15, 0.2) is 0 Å². The first kappa shape index (κ1) is 12.9. The second kappa shape index (κ2) is 5.13. The second-order valence-corrected chi connectivity index (χ2v) is 5.48. The van der Waals surface area contributed by atoms with Gasteiger partial charge in [0.1, 0.15) is 5.75 Å². The third-order valence-electron chi connectivity index (χ3n) is 3.09. The summed E-state index contributed by atoms with van der Waals surface area (Å²) in [4.78, 5) is 24.1. The Kier molecular flexibility index (Phi) is 3.31. The van der Waals surface area contributed by atoms with E-state index in [0.29, 0.717) is 11.5 Å². The summed E-state index contributed by atoms with van der Waals surface area (Å²) in [6.07, 6.45) is 2.98. The fourth-order valence-corrected chi connectivity index (χ4v) is 3.29. The van der Waals surface area contributed by atoms with Gasteiger partial charge in [-0.15, -0.1) is 11.8 Å². The van der Waals surface area contributed by atoms with Crippen molar-refractivity contribution >= 4 is 29.4 Å². The van der Waals surface area contributed by atoms with Crippen LogP contribution < -0.4 is 10.2 Å². The zero-order valence-electron chi connectivity index (χ0n) is 10.8. The van der Waals surface area contributed by atoms with Crippen LogP contribution in [0.5, 0.6) is 5.75 Å². The standard InChI is InChI=1S/C14H12N2O3S/c1-2-3-12(17)19-8-4-5-11-9(6-8)13-10(7-20-11)14(18)16-15-13/h2-6,10H,7H2,1H3,(H,16,18)/b3-2+. The van der Waals surface area contributed by atoms with Crippen molar-refractivity contribution in [1.82, 2.24) is 5.43 Å². The van der Waals surface area contributed by atoms with Crippen LogP contribution in [0.3, 0.4) is 0 Å². The van der Waals surface area contributed by atoms with Gasteiger partial charge >= 0.3 is 5.97 Å². The number of fused-ring (bicyclic) bond motifs is 3. The van der Waals surface area contributed by atoms with Crippen LogP contribution in [0, 0.1) is 5.92 Å². The molecule has 1 N–H and O–H groups in total. The summed E-state index contributed by atoms with van der Waals surface area (Å²) in [5, 5.41) is 4.09. The summed E-state index contributed by atoms with van der Waals surface area (Å²) in [6.45, 7) is 1.75. The van der Waals surface area contributed by atoms with Gasteiger partial charge in [-0.1, -0.05) is 6.08 Å². The molecule has 0 saturated heterocycles. The number of nitrogens with zero attached hydrogens (tertiary/aromatic N) is 1. The van der Waals surface area contributed by atoms with E-state index in [-0.39, 0.29) is 11.8 Å². The minimum atomic E-state index is -0.421. The average molecular weight is 288 g/mol.